The van der Waals surface area contributed by atoms with E-state index in [4.69, 9.17) is 0 Å². The number of carbonyl (C=O) groups is 1. The average Bonchev–Trinajstić information content (AvgIpc) is 3.25. The molecular formula is C17H17F17O4S2. The number of Topliss-reactive ketones (excluding diaryl/α,β-unsaturated/α-hetero) is 1. The second-order valence-corrected chi connectivity index (χ2v) is 14.1. The van der Waals surface area contributed by atoms with Crippen molar-refractivity contribution in [1.82, 2.24) is 0 Å². The summed E-state index contributed by atoms with van der Waals surface area (Å²) in [6.07, 6.45) is -5.50. The molecule has 0 aromatic carbocycles. The quantitative estimate of drug-likeness (QED) is 0.209. The van der Waals surface area contributed by atoms with E-state index in [9.17, 15) is 87.8 Å². The predicted octanol–water partition coefficient (Wildman–Crippen LogP) is 7.04. The lowest BCUT2D eigenvalue weighted by Gasteiger charge is -2.42. The molecule has 0 heterocycles. The highest BCUT2D eigenvalue weighted by Gasteiger charge is 2.96. The maximum Gasteiger partial charge on any atom is 0.460 e. The van der Waals surface area contributed by atoms with Crippen molar-refractivity contribution in [2.45, 2.75) is 72.6 Å². The van der Waals surface area contributed by atoms with Crippen molar-refractivity contribution in [2.75, 3.05) is 18.3 Å². The maximum atomic E-state index is 14.2. The average molecular weight is 672 g/mol. The topological polar surface area (TPSA) is 60.4 Å². The molecule has 0 N–H and O–H groups in total. The summed E-state index contributed by atoms with van der Waals surface area (Å²) < 4.78 is 254. The van der Waals surface area contributed by atoms with Gasteiger partial charge in [-0.05, 0) is 25.4 Å². The molecule has 240 valence electrons. The number of alkyl halides is 17. The van der Waals surface area contributed by atoms with Crippen LogP contribution in [0.1, 0.15) is 25.7 Å². The minimum Gasteiger partial charge on any atom is -0.298 e. The Bertz CT molecular complexity index is 1060. The fraction of sp³-hybridized carbons (Fsp3) is 0.941. The normalized spacial score (nSPS) is 18.8. The van der Waals surface area contributed by atoms with Crippen LogP contribution in [0.3, 0.4) is 0 Å². The first-order chi connectivity index (χ1) is 17.2. The molecule has 1 aliphatic carbocycles. The molecule has 0 spiro atoms. The Morgan fingerprint density at radius 2 is 0.950 bits per heavy atom. The van der Waals surface area contributed by atoms with Gasteiger partial charge in [0.15, 0.2) is 0 Å². The van der Waals surface area contributed by atoms with Crippen molar-refractivity contribution < 1.29 is 91.5 Å². The van der Waals surface area contributed by atoms with Crippen molar-refractivity contribution >= 4 is 26.2 Å². The third-order valence-corrected chi connectivity index (χ3v) is 9.64. The SMILES string of the molecule is CS(C)(CC(=O)C1CCCC1)OS(=O)(=O)C(F)(F)C(F)(F)C(F)(F)C(F)(F)C(F)(F)C(F)(F)C(F)(F)C(F)(F)F. The largest absolute Gasteiger partial charge is 0.460 e. The summed E-state index contributed by atoms with van der Waals surface area (Å²) >= 11 is 0. The lowest BCUT2D eigenvalue weighted by atomic mass is 9.91. The fourth-order valence-electron chi connectivity index (χ4n) is 3.32. The van der Waals surface area contributed by atoms with Gasteiger partial charge < -0.3 is 0 Å². The molecule has 0 bridgehead atoms. The summed E-state index contributed by atoms with van der Waals surface area (Å²) in [4.78, 5) is 12.1. The summed E-state index contributed by atoms with van der Waals surface area (Å²) in [5, 5.41) is -7.76. The highest BCUT2D eigenvalue weighted by Crippen LogP contribution is 2.65. The second-order valence-electron chi connectivity index (χ2n) is 9.01. The zero-order valence-electron chi connectivity index (χ0n) is 19.5. The van der Waals surface area contributed by atoms with Crippen molar-refractivity contribution in [3.63, 3.8) is 0 Å². The Morgan fingerprint density at radius 3 is 1.30 bits per heavy atom. The third kappa shape index (κ3) is 5.46. The van der Waals surface area contributed by atoms with E-state index in [0.29, 0.717) is 25.4 Å². The van der Waals surface area contributed by atoms with E-state index in [1.54, 1.807) is 0 Å². The molecule has 4 nitrogen and oxygen atoms in total. The molecule has 0 atom stereocenters. The second kappa shape index (κ2) is 10.2. The zero-order chi connectivity index (χ0) is 32.4. The molecule has 0 aromatic rings. The number of hydrogen-bond acceptors (Lipinski definition) is 4. The Labute approximate surface area is 215 Å². The maximum absolute atomic E-state index is 14.2. The summed E-state index contributed by atoms with van der Waals surface area (Å²) in [6, 6.07) is 0. The van der Waals surface area contributed by atoms with Crippen LogP contribution in [0.4, 0.5) is 74.6 Å². The summed E-state index contributed by atoms with van der Waals surface area (Å²) in [5.41, 5.74) is 0. The lowest BCUT2D eigenvalue weighted by molar-refractivity contribution is -0.458. The minimum atomic E-state index is -8.92. The van der Waals surface area contributed by atoms with E-state index in [-0.39, 0.29) is 12.8 Å². The van der Waals surface area contributed by atoms with Gasteiger partial charge in [-0.25, -0.2) is 3.63 Å². The summed E-state index contributed by atoms with van der Waals surface area (Å²) in [7, 11) is -11.6. The molecule has 0 amide bonds. The summed E-state index contributed by atoms with van der Waals surface area (Å²) in [5.74, 6) is -54.9. The van der Waals surface area contributed by atoms with E-state index in [1.807, 2.05) is 0 Å². The number of halogens is 17. The molecule has 1 saturated carbocycles. The molecule has 0 aromatic heterocycles. The number of hydrogen-bond donors (Lipinski definition) is 0. The van der Waals surface area contributed by atoms with Crippen molar-refractivity contribution in [3.8, 4) is 0 Å². The standard InChI is InChI=1S/C17H17F17O4S2/c1-39(2,7-9(35)8-5-3-4-6-8)38-40(36,37)17(33,34)15(28,29)13(24,25)11(20,21)10(18,19)12(22,23)14(26,27)16(30,31)32/h8H,3-7H2,1-2H3. The van der Waals surface area contributed by atoms with Crippen LogP contribution in [0, 0.1) is 5.92 Å². The van der Waals surface area contributed by atoms with Crippen molar-refractivity contribution in [1.29, 1.82) is 0 Å². The molecule has 0 radical (unpaired) electrons. The van der Waals surface area contributed by atoms with Gasteiger partial charge in [0, 0.05) is 5.92 Å². The van der Waals surface area contributed by atoms with Crippen molar-refractivity contribution in [2.24, 2.45) is 5.92 Å². The van der Waals surface area contributed by atoms with Crippen molar-refractivity contribution in [3.05, 3.63) is 0 Å². The highest BCUT2D eigenvalue weighted by molar-refractivity contribution is 8.32. The Hall–Kier alpha value is -1.26. The van der Waals surface area contributed by atoms with Crippen LogP contribution in [0.5, 0.6) is 0 Å². The van der Waals surface area contributed by atoms with Gasteiger partial charge >= 0.3 is 57.1 Å². The molecule has 0 unspecified atom stereocenters. The third-order valence-electron chi connectivity index (χ3n) is 5.58. The van der Waals surface area contributed by atoms with E-state index in [0.717, 1.165) is 0 Å². The zero-order valence-corrected chi connectivity index (χ0v) is 21.1. The first kappa shape index (κ1) is 36.8. The monoisotopic (exact) mass is 672 g/mol. The Kier molecular flexibility index (Phi) is 9.36. The van der Waals surface area contributed by atoms with Crippen LogP contribution >= 0.6 is 10.3 Å². The molecule has 1 aliphatic rings. The van der Waals surface area contributed by atoms with E-state index in [1.165, 1.54) is 0 Å². The number of rotatable bonds is 12. The van der Waals surface area contributed by atoms with Gasteiger partial charge in [0.05, 0.1) is 5.75 Å². The van der Waals surface area contributed by atoms with Crippen LogP contribution in [0.2, 0.25) is 0 Å². The van der Waals surface area contributed by atoms with Gasteiger partial charge in [0.25, 0.3) is 0 Å². The van der Waals surface area contributed by atoms with Crippen LogP contribution in [0.15, 0.2) is 0 Å². The van der Waals surface area contributed by atoms with Gasteiger partial charge in [-0.15, -0.1) is 10.3 Å². The first-order valence-corrected chi connectivity index (χ1v) is 14.1. The smallest absolute Gasteiger partial charge is 0.298 e. The summed E-state index contributed by atoms with van der Waals surface area (Å²) in [6.45, 7) is 0. The molecule has 1 fully saturated rings. The van der Waals surface area contributed by atoms with E-state index in [2.05, 4.69) is 3.63 Å². The first-order valence-electron chi connectivity index (χ1n) is 10.1. The van der Waals surface area contributed by atoms with Gasteiger partial charge in [0.1, 0.15) is 5.78 Å². The molecule has 0 saturated heterocycles. The highest BCUT2D eigenvalue weighted by atomic mass is 32.3. The molecule has 23 heteroatoms. The number of ketones is 1. The van der Waals surface area contributed by atoms with Gasteiger partial charge in [-0.1, -0.05) is 12.8 Å². The van der Waals surface area contributed by atoms with Gasteiger partial charge in [-0.2, -0.15) is 83.1 Å². The van der Waals surface area contributed by atoms with E-state index >= 15 is 0 Å². The number of carbonyl (C=O) groups excluding carboxylic acids is 1. The Balaban J connectivity index is 3.54. The molecule has 40 heavy (non-hydrogen) atoms. The lowest BCUT2D eigenvalue weighted by Crippen LogP contribution is -2.75. The predicted molar refractivity (Wildman–Crippen MR) is 102 cm³/mol. The van der Waals surface area contributed by atoms with E-state index < -0.39 is 84.8 Å². The molecular weight excluding hydrogens is 655 g/mol. The van der Waals surface area contributed by atoms with Gasteiger partial charge in [0.2, 0.25) is 0 Å². The Morgan fingerprint density at radius 1 is 0.625 bits per heavy atom. The van der Waals surface area contributed by atoms with Crippen LogP contribution in [-0.2, 0) is 18.5 Å². The van der Waals surface area contributed by atoms with Crippen LogP contribution in [-0.4, -0.2) is 79.4 Å². The fourth-order valence-corrected chi connectivity index (χ4v) is 7.16. The molecule has 1 rings (SSSR count). The minimum absolute atomic E-state index is 0.211. The van der Waals surface area contributed by atoms with Crippen LogP contribution in [0.25, 0.3) is 0 Å². The van der Waals surface area contributed by atoms with Crippen LogP contribution < -0.4 is 0 Å². The van der Waals surface area contributed by atoms with Gasteiger partial charge in [-0.3, -0.25) is 4.79 Å². The molecule has 0 aliphatic heterocycles.